The Labute approximate surface area is 160 Å². The number of nitrogens with zero attached hydrogens (tertiary/aromatic N) is 4. The first-order chi connectivity index (χ1) is 12.5. The van der Waals surface area contributed by atoms with Crippen LogP contribution in [0.15, 0.2) is 30.6 Å². The molecule has 0 radical (unpaired) electrons. The summed E-state index contributed by atoms with van der Waals surface area (Å²) in [6.07, 6.45) is 4.74. The van der Waals surface area contributed by atoms with Gasteiger partial charge in [-0.25, -0.2) is 14.1 Å². The van der Waals surface area contributed by atoms with E-state index in [4.69, 9.17) is 10.1 Å². The number of aromatic nitrogens is 4. The molecule has 2 aliphatic rings. The molecule has 136 valence electrons. The third-order valence-electron chi connectivity index (χ3n) is 6.05. The minimum absolute atomic E-state index is 0.273. The number of fused-ring (bicyclic) bond motifs is 5. The lowest BCUT2D eigenvalue weighted by molar-refractivity contribution is 0.0646. The molecule has 0 aromatic carbocycles. The van der Waals surface area contributed by atoms with Crippen LogP contribution in [0.5, 0.6) is 0 Å². The van der Waals surface area contributed by atoms with Crippen molar-refractivity contribution in [1.82, 2.24) is 19.2 Å². The maximum atomic E-state index is 16.3. The Hall–Kier alpha value is -1.47. The SMILES string of the molecule is CCC1(C)c2nn(C3SCCS3)cc2-c2c(nc3ccccn23)[C@@]1(C)F. The zero-order valence-electron chi connectivity index (χ0n) is 15.1. The molecule has 26 heavy (non-hydrogen) atoms. The summed E-state index contributed by atoms with van der Waals surface area (Å²) < 4.78 is 20.6. The van der Waals surface area contributed by atoms with Crippen molar-refractivity contribution in [2.75, 3.05) is 11.5 Å². The number of thioether (sulfide) groups is 2. The van der Waals surface area contributed by atoms with Gasteiger partial charge in [-0.15, -0.1) is 23.5 Å². The van der Waals surface area contributed by atoms with E-state index >= 15 is 4.39 Å². The number of alkyl halides is 1. The lowest BCUT2D eigenvalue weighted by Crippen LogP contribution is -2.45. The molecule has 3 aromatic heterocycles. The minimum atomic E-state index is -1.58. The van der Waals surface area contributed by atoms with Crippen LogP contribution < -0.4 is 0 Å². The van der Waals surface area contributed by atoms with Gasteiger partial charge in [0, 0.05) is 29.5 Å². The van der Waals surface area contributed by atoms with Crippen molar-refractivity contribution in [2.45, 2.75) is 43.0 Å². The van der Waals surface area contributed by atoms with Gasteiger partial charge in [-0.3, -0.25) is 4.40 Å². The fourth-order valence-electron chi connectivity index (χ4n) is 4.14. The van der Waals surface area contributed by atoms with Gasteiger partial charge in [-0.05, 0) is 25.5 Å². The molecule has 3 aromatic rings. The van der Waals surface area contributed by atoms with Gasteiger partial charge in [0.05, 0.1) is 16.8 Å². The standard InChI is InChI=1S/C19H21FN4S2/c1-4-18(2)15-12(11-24(22-15)17-25-9-10-26-17)14-16(19(18,3)20)21-13-7-5-6-8-23(13)14/h5-8,11,17H,4,9-10H2,1-3H3/t18?,19-/m1/s1. The van der Waals surface area contributed by atoms with Crippen molar-refractivity contribution >= 4 is 29.2 Å². The predicted molar refractivity (Wildman–Crippen MR) is 106 cm³/mol. The van der Waals surface area contributed by atoms with Gasteiger partial charge in [-0.1, -0.05) is 19.9 Å². The van der Waals surface area contributed by atoms with E-state index in [2.05, 4.69) is 6.20 Å². The van der Waals surface area contributed by atoms with E-state index < -0.39 is 11.1 Å². The largest absolute Gasteiger partial charge is 0.299 e. The number of pyridine rings is 1. The maximum Gasteiger partial charge on any atom is 0.163 e. The van der Waals surface area contributed by atoms with Crippen molar-refractivity contribution in [3.8, 4) is 11.3 Å². The van der Waals surface area contributed by atoms with E-state index in [0.717, 1.165) is 34.1 Å². The summed E-state index contributed by atoms with van der Waals surface area (Å²) in [6.45, 7) is 5.70. The average molecular weight is 389 g/mol. The second-order valence-corrected chi connectivity index (χ2v) is 10.0. The first-order valence-electron chi connectivity index (χ1n) is 8.97. The van der Waals surface area contributed by atoms with Crippen LogP contribution in [0.25, 0.3) is 16.9 Å². The summed E-state index contributed by atoms with van der Waals surface area (Å²) in [6, 6.07) is 5.84. The highest BCUT2D eigenvalue weighted by atomic mass is 32.2. The molecular formula is C19H21FN4S2. The smallest absolute Gasteiger partial charge is 0.163 e. The van der Waals surface area contributed by atoms with Crippen LogP contribution >= 0.6 is 23.5 Å². The summed E-state index contributed by atoms with van der Waals surface area (Å²) in [4.78, 5) is 4.70. The van der Waals surface area contributed by atoms with Crippen molar-refractivity contribution < 1.29 is 4.39 Å². The number of rotatable bonds is 2. The predicted octanol–water partition coefficient (Wildman–Crippen LogP) is 5.00. The van der Waals surface area contributed by atoms with Crippen LogP contribution in [0, 0.1) is 0 Å². The molecule has 1 saturated heterocycles. The minimum Gasteiger partial charge on any atom is -0.299 e. The molecule has 1 fully saturated rings. The Morgan fingerprint density at radius 1 is 1.23 bits per heavy atom. The molecule has 2 atom stereocenters. The van der Waals surface area contributed by atoms with Gasteiger partial charge < -0.3 is 0 Å². The number of hydrogen-bond acceptors (Lipinski definition) is 4. The van der Waals surface area contributed by atoms with E-state index in [-0.39, 0.29) is 4.71 Å². The van der Waals surface area contributed by atoms with Crippen LogP contribution in [0.1, 0.15) is 43.3 Å². The lowest BCUT2D eigenvalue weighted by Gasteiger charge is -2.42. The zero-order chi connectivity index (χ0) is 18.1. The molecule has 1 unspecified atom stereocenters. The molecular weight excluding hydrogens is 367 g/mol. The molecule has 1 aliphatic carbocycles. The Balaban J connectivity index is 1.84. The lowest BCUT2D eigenvalue weighted by atomic mass is 9.65. The summed E-state index contributed by atoms with van der Waals surface area (Å²) >= 11 is 3.80. The molecule has 0 bridgehead atoms. The monoisotopic (exact) mass is 388 g/mol. The number of hydrogen-bond donors (Lipinski definition) is 0. The fraction of sp³-hybridized carbons (Fsp3) is 0.474. The number of imidazole rings is 1. The Morgan fingerprint density at radius 3 is 2.73 bits per heavy atom. The zero-order valence-corrected chi connectivity index (χ0v) is 16.7. The van der Waals surface area contributed by atoms with Gasteiger partial charge in [0.15, 0.2) is 5.67 Å². The topological polar surface area (TPSA) is 35.1 Å². The van der Waals surface area contributed by atoms with Gasteiger partial charge in [0.2, 0.25) is 0 Å². The van der Waals surface area contributed by atoms with E-state index in [1.807, 2.05) is 70.8 Å². The van der Waals surface area contributed by atoms with Crippen molar-refractivity contribution in [3.63, 3.8) is 0 Å². The Morgan fingerprint density at radius 2 is 2.00 bits per heavy atom. The molecule has 5 rings (SSSR count). The Bertz CT molecular complexity index is 1000. The molecule has 7 heteroatoms. The molecule has 4 heterocycles. The third-order valence-corrected chi connectivity index (χ3v) is 9.00. The van der Waals surface area contributed by atoms with Crippen LogP contribution in [0.2, 0.25) is 0 Å². The summed E-state index contributed by atoms with van der Waals surface area (Å²) in [5.74, 6) is 2.26. The highest BCUT2D eigenvalue weighted by Gasteiger charge is 2.56. The van der Waals surface area contributed by atoms with Gasteiger partial charge in [0.1, 0.15) is 16.0 Å². The summed E-state index contributed by atoms with van der Waals surface area (Å²) in [5, 5.41) is 4.93. The second kappa shape index (κ2) is 5.52. The van der Waals surface area contributed by atoms with Crippen molar-refractivity contribution in [1.29, 1.82) is 0 Å². The molecule has 1 aliphatic heterocycles. The normalized spacial score (nSPS) is 28.5. The van der Waals surface area contributed by atoms with E-state index in [1.165, 1.54) is 0 Å². The van der Waals surface area contributed by atoms with Crippen LogP contribution in [0.4, 0.5) is 4.39 Å². The summed E-state index contributed by atoms with van der Waals surface area (Å²) in [5.41, 5.74) is 1.77. The van der Waals surface area contributed by atoms with E-state index in [1.54, 1.807) is 6.92 Å². The van der Waals surface area contributed by atoms with Crippen molar-refractivity contribution in [3.05, 3.63) is 42.0 Å². The third kappa shape index (κ3) is 1.99. The van der Waals surface area contributed by atoms with Gasteiger partial charge in [0.25, 0.3) is 0 Å². The van der Waals surface area contributed by atoms with E-state index in [9.17, 15) is 0 Å². The first kappa shape index (κ1) is 16.7. The highest BCUT2D eigenvalue weighted by molar-refractivity contribution is 8.19. The number of halogens is 1. The van der Waals surface area contributed by atoms with Crippen LogP contribution in [-0.4, -0.2) is 30.7 Å². The van der Waals surface area contributed by atoms with Crippen LogP contribution in [0.3, 0.4) is 0 Å². The van der Waals surface area contributed by atoms with Gasteiger partial charge in [-0.2, -0.15) is 5.10 Å². The van der Waals surface area contributed by atoms with Crippen LogP contribution in [-0.2, 0) is 11.1 Å². The summed E-state index contributed by atoms with van der Waals surface area (Å²) in [7, 11) is 0. The fourth-order valence-corrected chi connectivity index (χ4v) is 6.80. The molecule has 4 nitrogen and oxygen atoms in total. The van der Waals surface area contributed by atoms with Gasteiger partial charge >= 0.3 is 0 Å². The Kier molecular flexibility index (Phi) is 3.54. The molecule has 0 saturated carbocycles. The molecule has 0 amide bonds. The van der Waals surface area contributed by atoms with Crippen molar-refractivity contribution in [2.24, 2.45) is 0 Å². The second-order valence-electron chi connectivity index (χ2n) is 7.35. The highest BCUT2D eigenvalue weighted by Crippen LogP contribution is 2.56. The quantitative estimate of drug-likeness (QED) is 0.619. The molecule has 0 spiro atoms. The first-order valence-corrected chi connectivity index (χ1v) is 11.1. The molecule has 0 N–H and O–H groups in total. The van der Waals surface area contributed by atoms with E-state index in [0.29, 0.717) is 12.1 Å². The maximum absolute atomic E-state index is 16.3. The average Bonchev–Trinajstić information content (AvgIpc) is 3.35.